The van der Waals surface area contributed by atoms with E-state index < -0.39 is 11.2 Å². The van der Waals surface area contributed by atoms with Crippen LogP contribution in [0.5, 0.6) is 0 Å². The summed E-state index contributed by atoms with van der Waals surface area (Å²) < 4.78 is 4.66. The van der Waals surface area contributed by atoms with Crippen molar-refractivity contribution in [2.45, 2.75) is 12.2 Å². The molecule has 0 heterocycles. The van der Waals surface area contributed by atoms with E-state index in [0.717, 1.165) is 17.3 Å². The monoisotopic (exact) mass is 224 g/mol. The number of ether oxygens (including phenoxy) is 1. The van der Waals surface area contributed by atoms with Gasteiger partial charge in [-0.25, -0.2) is 0 Å². The molecule has 1 unspecified atom stereocenters. The molecule has 0 saturated heterocycles. The smallest absolute Gasteiger partial charge is 0.323 e. The average Bonchev–Trinajstić information content (AvgIpc) is 2.26. The van der Waals surface area contributed by atoms with Crippen LogP contribution >= 0.6 is 11.8 Å². The highest BCUT2D eigenvalue weighted by Gasteiger charge is 2.23. The first kappa shape index (κ1) is 11.8. The van der Waals surface area contributed by atoms with E-state index in [2.05, 4.69) is 4.74 Å². The summed E-state index contributed by atoms with van der Waals surface area (Å²) in [7, 11) is 1.32. The number of carbonyl (C=O) groups is 2. The van der Waals surface area contributed by atoms with Gasteiger partial charge in [-0.15, -0.1) is 0 Å². The largest absolute Gasteiger partial charge is 0.468 e. The molecular formula is C11H12O3S. The van der Waals surface area contributed by atoms with Gasteiger partial charge < -0.3 is 4.74 Å². The van der Waals surface area contributed by atoms with Crippen molar-refractivity contribution in [2.75, 3.05) is 7.11 Å². The van der Waals surface area contributed by atoms with Crippen LogP contribution in [0.15, 0.2) is 30.3 Å². The van der Waals surface area contributed by atoms with Crippen molar-refractivity contribution in [1.82, 2.24) is 0 Å². The maximum Gasteiger partial charge on any atom is 0.323 e. The lowest BCUT2D eigenvalue weighted by Crippen LogP contribution is -2.12. The van der Waals surface area contributed by atoms with Crippen molar-refractivity contribution in [1.29, 1.82) is 0 Å². The molecule has 1 rings (SSSR count). The topological polar surface area (TPSA) is 43.4 Å². The number of thioether (sulfide) groups is 1. The summed E-state index contributed by atoms with van der Waals surface area (Å²) in [5.41, 5.74) is 0.782. The number of hydrogen-bond acceptors (Lipinski definition) is 4. The summed E-state index contributed by atoms with van der Waals surface area (Å²) >= 11 is 0.972. The van der Waals surface area contributed by atoms with Crippen molar-refractivity contribution in [2.24, 2.45) is 0 Å². The fraction of sp³-hybridized carbons (Fsp3) is 0.273. The normalized spacial score (nSPS) is 11.9. The quantitative estimate of drug-likeness (QED) is 0.738. The van der Waals surface area contributed by atoms with Gasteiger partial charge >= 0.3 is 5.97 Å². The maximum absolute atomic E-state index is 11.5. The highest BCUT2D eigenvalue weighted by atomic mass is 32.2. The van der Waals surface area contributed by atoms with Gasteiger partial charge in [0, 0.05) is 6.92 Å². The van der Waals surface area contributed by atoms with E-state index in [1.165, 1.54) is 14.0 Å². The third-order valence-corrected chi connectivity index (χ3v) is 2.83. The van der Waals surface area contributed by atoms with Crippen LogP contribution in [0.25, 0.3) is 0 Å². The SMILES string of the molecule is COC(=O)C(SC(C)=O)c1ccccc1. The van der Waals surface area contributed by atoms with Gasteiger partial charge in [0.25, 0.3) is 0 Å². The van der Waals surface area contributed by atoms with Crippen LogP contribution in [0.4, 0.5) is 0 Å². The lowest BCUT2D eigenvalue weighted by Gasteiger charge is -2.12. The Labute approximate surface area is 92.8 Å². The van der Waals surface area contributed by atoms with Gasteiger partial charge in [-0.05, 0) is 5.56 Å². The molecule has 0 spiro atoms. The van der Waals surface area contributed by atoms with Crippen LogP contribution < -0.4 is 0 Å². The Balaban J connectivity index is 2.91. The van der Waals surface area contributed by atoms with Gasteiger partial charge in [-0.1, -0.05) is 42.1 Å². The summed E-state index contributed by atoms with van der Waals surface area (Å²) in [6.45, 7) is 1.43. The second-order valence-corrected chi connectivity index (χ2v) is 4.21. The number of benzene rings is 1. The van der Waals surface area contributed by atoms with Crippen molar-refractivity contribution < 1.29 is 14.3 Å². The average molecular weight is 224 g/mol. The molecule has 1 aromatic carbocycles. The predicted octanol–water partition coefficient (Wildman–Crippen LogP) is 2.18. The molecule has 0 amide bonds. The summed E-state index contributed by atoms with van der Waals surface area (Å²) in [5, 5.41) is -0.664. The fourth-order valence-electron chi connectivity index (χ4n) is 1.15. The predicted molar refractivity (Wildman–Crippen MR) is 59.5 cm³/mol. The van der Waals surface area contributed by atoms with Gasteiger partial charge in [0.15, 0.2) is 5.12 Å². The van der Waals surface area contributed by atoms with Crippen LogP contribution in [-0.4, -0.2) is 18.2 Å². The molecule has 0 bridgehead atoms. The van der Waals surface area contributed by atoms with E-state index in [1.807, 2.05) is 18.2 Å². The van der Waals surface area contributed by atoms with E-state index in [1.54, 1.807) is 12.1 Å². The summed E-state index contributed by atoms with van der Waals surface area (Å²) in [4.78, 5) is 22.5. The Morgan fingerprint density at radius 2 is 1.87 bits per heavy atom. The number of hydrogen-bond donors (Lipinski definition) is 0. The minimum Gasteiger partial charge on any atom is -0.468 e. The Morgan fingerprint density at radius 1 is 1.27 bits per heavy atom. The van der Waals surface area contributed by atoms with E-state index >= 15 is 0 Å². The molecular weight excluding hydrogens is 212 g/mol. The Hall–Kier alpha value is -1.29. The number of methoxy groups -OCH3 is 1. The van der Waals surface area contributed by atoms with Gasteiger partial charge in [0.1, 0.15) is 5.25 Å². The number of esters is 1. The minimum absolute atomic E-state index is 0.103. The molecule has 0 N–H and O–H groups in total. The van der Waals surface area contributed by atoms with Crippen molar-refractivity contribution in [3.63, 3.8) is 0 Å². The molecule has 1 atom stereocenters. The van der Waals surface area contributed by atoms with Gasteiger partial charge in [-0.3, -0.25) is 9.59 Å². The first-order valence-corrected chi connectivity index (χ1v) is 5.33. The lowest BCUT2D eigenvalue weighted by molar-refractivity contribution is -0.140. The van der Waals surface area contributed by atoms with E-state index in [0.29, 0.717) is 0 Å². The zero-order chi connectivity index (χ0) is 11.3. The Bertz CT molecular complexity index is 348. The van der Waals surface area contributed by atoms with Crippen LogP contribution in [0.2, 0.25) is 0 Å². The van der Waals surface area contributed by atoms with Gasteiger partial charge in [0.05, 0.1) is 7.11 Å². The van der Waals surface area contributed by atoms with E-state index in [4.69, 9.17) is 0 Å². The summed E-state index contributed by atoms with van der Waals surface area (Å²) in [5.74, 6) is -0.401. The molecule has 0 radical (unpaired) electrons. The van der Waals surface area contributed by atoms with Gasteiger partial charge in [0.2, 0.25) is 0 Å². The standard InChI is InChI=1S/C11H12O3S/c1-8(12)15-10(11(13)14-2)9-6-4-3-5-7-9/h3-7,10H,1-2H3. The van der Waals surface area contributed by atoms with Crippen molar-refractivity contribution >= 4 is 22.8 Å². The minimum atomic E-state index is -0.561. The molecule has 80 valence electrons. The first-order valence-electron chi connectivity index (χ1n) is 4.45. The van der Waals surface area contributed by atoms with Crippen LogP contribution in [-0.2, 0) is 14.3 Å². The van der Waals surface area contributed by atoms with E-state index in [-0.39, 0.29) is 5.12 Å². The van der Waals surface area contributed by atoms with Crippen molar-refractivity contribution in [3.05, 3.63) is 35.9 Å². The Kier molecular flexibility index (Phi) is 4.37. The maximum atomic E-state index is 11.5. The van der Waals surface area contributed by atoms with Crippen LogP contribution in [0, 0.1) is 0 Å². The lowest BCUT2D eigenvalue weighted by atomic mass is 10.1. The second kappa shape index (κ2) is 5.56. The molecule has 0 fully saturated rings. The molecule has 4 heteroatoms. The number of rotatable bonds is 3. The number of carbonyl (C=O) groups excluding carboxylic acids is 2. The third-order valence-electron chi connectivity index (χ3n) is 1.80. The molecule has 15 heavy (non-hydrogen) atoms. The van der Waals surface area contributed by atoms with Crippen LogP contribution in [0.3, 0.4) is 0 Å². The highest BCUT2D eigenvalue weighted by Crippen LogP contribution is 2.30. The zero-order valence-electron chi connectivity index (χ0n) is 8.60. The summed E-state index contributed by atoms with van der Waals surface area (Å²) in [6.07, 6.45) is 0. The first-order chi connectivity index (χ1) is 7.15. The van der Waals surface area contributed by atoms with Gasteiger partial charge in [-0.2, -0.15) is 0 Å². The fourth-order valence-corrected chi connectivity index (χ4v) is 1.97. The molecule has 1 aromatic rings. The molecule has 0 aliphatic rings. The molecule has 0 saturated carbocycles. The highest BCUT2D eigenvalue weighted by molar-refractivity contribution is 8.14. The van der Waals surface area contributed by atoms with Crippen LogP contribution in [0.1, 0.15) is 17.7 Å². The molecule has 0 aromatic heterocycles. The summed E-state index contributed by atoms with van der Waals surface area (Å²) in [6, 6.07) is 9.11. The van der Waals surface area contributed by atoms with Crippen molar-refractivity contribution in [3.8, 4) is 0 Å². The molecule has 0 aliphatic heterocycles. The molecule has 0 aliphatic carbocycles. The Morgan fingerprint density at radius 3 is 2.33 bits per heavy atom. The second-order valence-electron chi connectivity index (χ2n) is 2.92. The van der Waals surface area contributed by atoms with E-state index in [9.17, 15) is 9.59 Å². The third kappa shape index (κ3) is 3.40. The molecule has 3 nitrogen and oxygen atoms in total. The zero-order valence-corrected chi connectivity index (χ0v) is 9.41.